The van der Waals surface area contributed by atoms with Gasteiger partial charge in [0.05, 0.1) is 6.61 Å². The molecule has 0 fully saturated rings. The molecule has 0 unspecified atom stereocenters. The Morgan fingerprint density at radius 1 is 1.25 bits per heavy atom. The summed E-state index contributed by atoms with van der Waals surface area (Å²) in [5.41, 5.74) is -0.277. The van der Waals surface area contributed by atoms with Gasteiger partial charge in [0.25, 0.3) is 0 Å². The molecule has 0 saturated carbocycles. The normalized spacial score (nSPS) is 12.8. The summed E-state index contributed by atoms with van der Waals surface area (Å²) < 4.78 is 28.8. The van der Waals surface area contributed by atoms with Gasteiger partial charge in [-0.25, -0.2) is 4.79 Å². The lowest BCUT2D eigenvalue weighted by atomic mass is 9.99. The maximum absolute atomic E-state index is 12.2. The Bertz CT molecular complexity index is 165. The molecule has 0 radical (unpaired) electrons. The van der Waals surface area contributed by atoms with E-state index in [1.807, 2.05) is 0 Å². The van der Waals surface area contributed by atoms with Crippen LogP contribution >= 0.6 is 0 Å². The third kappa shape index (κ3) is 5.04. The summed E-state index contributed by atoms with van der Waals surface area (Å²) in [5, 5.41) is 0. The third-order valence-electron chi connectivity index (χ3n) is 0.995. The molecule has 2 nitrogen and oxygen atoms in total. The molecule has 0 heterocycles. The van der Waals surface area contributed by atoms with Crippen LogP contribution in [-0.2, 0) is 9.53 Å². The minimum absolute atomic E-state index is 0.00919. The maximum atomic E-state index is 12.2. The minimum atomic E-state index is -3.38. The molecular formula is C8H14F2O2. The average Bonchev–Trinajstić information content (AvgIpc) is 1.78. The fraction of sp³-hybridized carbons (Fsp3) is 0.875. The predicted molar refractivity (Wildman–Crippen MR) is 41.0 cm³/mol. The first-order valence-electron chi connectivity index (χ1n) is 3.68. The van der Waals surface area contributed by atoms with Crippen LogP contribution in [0.25, 0.3) is 0 Å². The standard InChI is InChI=1S/C8H14F2O2/c1-7(2,3)5-12-6(11)8(4,9)10/h5H2,1-4H3. The summed E-state index contributed by atoms with van der Waals surface area (Å²) in [6.45, 7) is 5.93. The van der Waals surface area contributed by atoms with E-state index in [1.165, 1.54) is 0 Å². The predicted octanol–water partition coefficient (Wildman–Crippen LogP) is 2.23. The van der Waals surface area contributed by atoms with E-state index in [9.17, 15) is 13.6 Å². The zero-order chi connectivity index (χ0) is 9.99. The van der Waals surface area contributed by atoms with Crippen LogP contribution in [-0.4, -0.2) is 18.5 Å². The molecule has 0 N–H and O–H groups in total. The summed E-state index contributed by atoms with van der Waals surface area (Å²) in [6.07, 6.45) is 0. The minimum Gasteiger partial charge on any atom is -0.461 e. The second-order valence-corrected chi connectivity index (χ2v) is 4.03. The smallest absolute Gasteiger partial charge is 0.376 e. The fourth-order valence-corrected chi connectivity index (χ4v) is 0.409. The van der Waals surface area contributed by atoms with Gasteiger partial charge in [-0.2, -0.15) is 8.78 Å². The second kappa shape index (κ2) is 3.37. The molecule has 0 aromatic rings. The molecule has 0 amide bonds. The number of esters is 1. The van der Waals surface area contributed by atoms with E-state index in [-0.39, 0.29) is 12.0 Å². The molecule has 0 aliphatic rings. The summed E-state index contributed by atoms with van der Waals surface area (Å²) in [6, 6.07) is 0. The molecule has 12 heavy (non-hydrogen) atoms. The Morgan fingerprint density at radius 3 is 1.92 bits per heavy atom. The van der Waals surface area contributed by atoms with E-state index < -0.39 is 11.9 Å². The number of rotatable bonds is 2. The van der Waals surface area contributed by atoms with Crippen LogP contribution in [0.1, 0.15) is 27.7 Å². The van der Waals surface area contributed by atoms with Gasteiger partial charge in [0.1, 0.15) is 0 Å². The van der Waals surface area contributed by atoms with Crippen molar-refractivity contribution >= 4 is 5.97 Å². The average molecular weight is 180 g/mol. The molecule has 0 aromatic heterocycles. The number of ether oxygens (including phenoxy) is 1. The SMILES string of the molecule is CC(C)(C)COC(=O)C(C)(F)F. The summed E-state index contributed by atoms with van der Waals surface area (Å²) in [4.78, 5) is 10.5. The van der Waals surface area contributed by atoms with Gasteiger partial charge in [-0.05, 0) is 5.41 Å². The molecular weight excluding hydrogens is 166 g/mol. The first kappa shape index (κ1) is 11.3. The Labute approximate surface area is 70.9 Å². The zero-order valence-corrected chi connectivity index (χ0v) is 7.78. The lowest BCUT2D eigenvalue weighted by molar-refractivity contribution is -0.171. The number of carbonyl (C=O) groups excluding carboxylic acids is 1. The molecule has 72 valence electrons. The van der Waals surface area contributed by atoms with Crippen LogP contribution in [0.4, 0.5) is 8.78 Å². The largest absolute Gasteiger partial charge is 0.461 e. The Balaban J connectivity index is 3.90. The monoisotopic (exact) mass is 180 g/mol. The molecule has 0 rings (SSSR count). The van der Waals surface area contributed by atoms with Crippen molar-refractivity contribution in [2.24, 2.45) is 5.41 Å². The third-order valence-corrected chi connectivity index (χ3v) is 0.995. The Kier molecular flexibility index (Phi) is 3.18. The highest BCUT2D eigenvalue weighted by molar-refractivity contribution is 5.76. The Morgan fingerprint density at radius 2 is 1.67 bits per heavy atom. The van der Waals surface area contributed by atoms with Gasteiger partial charge in [-0.15, -0.1) is 0 Å². The van der Waals surface area contributed by atoms with Crippen LogP contribution in [0.5, 0.6) is 0 Å². The first-order chi connectivity index (χ1) is 5.13. The maximum Gasteiger partial charge on any atom is 0.376 e. The van der Waals surface area contributed by atoms with Gasteiger partial charge >= 0.3 is 11.9 Å². The van der Waals surface area contributed by atoms with Crippen molar-refractivity contribution in [1.29, 1.82) is 0 Å². The van der Waals surface area contributed by atoms with E-state index in [1.54, 1.807) is 20.8 Å². The van der Waals surface area contributed by atoms with Gasteiger partial charge in [0.2, 0.25) is 0 Å². The van der Waals surface area contributed by atoms with Crippen LogP contribution < -0.4 is 0 Å². The lowest BCUT2D eigenvalue weighted by Crippen LogP contribution is -2.30. The van der Waals surface area contributed by atoms with Crippen molar-refractivity contribution in [2.45, 2.75) is 33.6 Å². The zero-order valence-electron chi connectivity index (χ0n) is 7.78. The number of carbonyl (C=O) groups is 1. The van der Waals surface area contributed by atoms with Crippen molar-refractivity contribution in [3.63, 3.8) is 0 Å². The summed E-state index contributed by atoms with van der Waals surface area (Å²) >= 11 is 0. The van der Waals surface area contributed by atoms with Crippen molar-refractivity contribution in [2.75, 3.05) is 6.61 Å². The van der Waals surface area contributed by atoms with Gasteiger partial charge in [-0.1, -0.05) is 20.8 Å². The van der Waals surface area contributed by atoms with Crippen LogP contribution in [0.15, 0.2) is 0 Å². The van der Waals surface area contributed by atoms with Gasteiger partial charge in [0, 0.05) is 6.92 Å². The molecule has 0 aliphatic carbocycles. The number of hydrogen-bond acceptors (Lipinski definition) is 2. The quantitative estimate of drug-likeness (QED) is 0.609. The molecule has 0 bridgehead atoms. The highest BCUT2D eigenvalue weighted by Crippen LogP contribution is 2.18. The molecule has 0 spiro atoms. The number of alkyl halides is 2. The van der Waals surface area contributed by atoms with E-state index in [2.05, 4.69) is 4.74 Å². The number of hydrogen-bond donors (Lipinski definition) is 0. The van der Waals surface area contributed by atoms with E-state index in [0.717, 1.165) is 0 Å². The lowest BCUT2D eigenvalue weighted by Gasteiger charge is -2.19. The summed E-state index contributed by atoms with van der Waals surface area (Å²) in [7, 11) is 0. The molecule has 4 heteroatoms. The molecule has 0 atom stereocenters. The topological polar surface area (TPSA) is 26.3 Å². The van der Waals surface area contributed by atoms with E-state index in [0.29, 0.717) is 6.92 Å². The van der Waals surface area contributed by atoms with Gasteiger partial charge in [0.15, 0.2) is 0 Å². The second-order valence-electron chi connectivity index (χ2n) is 4.03. The first-order valence-corrected chi connectivity index (χ1v) is 3.68. The highest BCUT2D eigenvalue weighted by atomic mass is 19.3. The summed E-state index contributed by atoms with van der Waals surface area (Å²) in [5.74, 6) is -4.84. The molecule has 0 aliphatic heterocycles. The molecule has 0 saturated heterocycles. The van der Waals surface area contributed by atoms with Gasteiger partial charge < -0.3 is 4.74 Å². The van der Waals surface area contributed by atoms with Crippen molar-refractivity contribution in [3.8, 4) is 0 Å². The Hall–Kier alpha value is -0.670. The van der Waals surface area contributed by atoms with Crippen LogP contribution in [0.3, 0.4) is 0 Å². The molecule has 0 aromatic carbocycles. The van der Waals surface area contributed by atoms with Crippen LogP contribution in [0, 0.1) is 5.41 Å². The number of halogens is 2. The van der Waals surface area contributed by atoms with Crippen molar-refractivity contribution < 1.29 is 18.3 Å². The van der Waals surface area contributed by atoms with Crippen molar-refractivity contribution in [3.05, 3.63) is 0 Å². The van der Waals surface area contributed by atoms with E-state index in [4.69, 9.17) is 0 Å². The fourth-order valence-electron chi connectivity index (χ4n) is 0.409. The van der Waals surface area contributed by atoms with E-state index >= 15 is 0 Å². The van der Waals surface area contributed by atoms with Crippen LogP contribution in [0.2, 0.25) is 0 Å². The van der Waals surface area contributed by atoms with Crippen molar-refractivity contribution in [1.82, 2.24) is 0 Å². The van der Waals surface area contributed by atoms with Gasteiger partial charge in [-0.3, -0.25) is 0 Å². The highest BCUT2D eigenvalue weighted by Gasteiger charge is 2.34.